The number of hydrogen-bond donors (Lipinski definition) is 2. The predicted molar refractivity (Wildman–Crippen MR) is 97.6 cm³/mol. The van der Waals surface area contributed by atoms with Crippen LogP contribution in [0.15, 0.2) is 53.3 Å². The predicted octanol–water partition coefficient (Wildman–Crippen LogP) is 2.86. The Balaban J connectivity index is 1.80. The number of carbonyl (C=O) groups excluding carboxylic acids is 1. The van der Waals surface area contributed by atoms with E-state index in [1.165, 1.54) is 0 Å². The second-order valence-electron chi connectivity index (χ2n) is 5.55. The van der Waals surface area contributed by atoms with Gasteiger partial charge in [-0.25, -0.2) is 4.79 Å². The van der Waals surface area contributed by atoms with Gasteiger partial charge in [-0.3, -0.25) is 15.7 Å². The Bertz CT molecular complexity index is 632. The number of anilines is 1. The largest absolute Gasteiger partial charge is 0.445 e. The fourth-order valence-electron chi connectivity index (χ4n) is 2.57. The number of benzene rings is 1. The van der Waals surface area contributed by atoms with Crippen LogP contribution in [0.25, 0.3) is 0 Å². The van der Waals surface area contributed by atoms with Gasteiger partial charge in [-0.05, 0) is 37.4 Å². The lowest BCUT2D eigenvalue weighted by atomic mass is 10.2. The monoisotopic (exact) mass is 344 g/mol. The van der Waals surface area contributed by atoms with Gasteiger partial charge in [0.1, 0.15) is 6.61 Å². The first-order valence-electron chi connectivity index (χ1n) is 8.12. The number of hydrogen-bond acceptors (Lipinski definition) is 6. The molecule has 25 heavy (non-hydrogen) atoms. The molecule has 1 aromatic rings. The van der Waals surface area contributed by atoms with Crippen molar-refractivity contribution >= 4 is 18.5 Å². The van der Waals surface area contributed by atoms with Crippen LogP contribution in [0.5, 0.6) is 0 Å². The van der Waals surface area contributed by atoms with Crippen LogP contribution in [-0.2, 0) is 11.3 Å². The van der Waals surface area contributed by atoms with Crippen molar-refractivity contribution in [2.24, 2.45) is 4.99 Å². The summed E-state index contributed by atoms with van der Waals surface area (Å²) in [6.07, 6.45) is 5.27. The van der Waals surface area contributed by atoms with Gasteiger partial charge >= 0.3 is 6.09 Å². The number of allylic oxidation sites excluding steroid dienone is 2. The van der Waals surface area contributed by atoms with E-state index in [1.54, 1.807) is 35.4 Å². The third-order valence-electron chi connectivity index (χ3n) is 3.99. The first kappa shape index (κ1) is 18.5. The molecule has 1 saturated heterocycles. The number of nitrogens with one attached hydrogen (secondary N) is 1. The van der Waals surface area contributed by atoms with E-state index < -0.39 is 0 Å². The maximum absolute atomic E-state index is 12.2. The molecule has 0 bridgehead atoms. The SMILES string of the molecule is C=N/C=C\C(=C/C)N1CCN(C(=O)OCc2ccc(NO)cc2)CC1. The average molecular weight is 344 g/mol. The van der Waals surface area contributed by atoms with Crippen LogP contribution < -0.4 is 5.48 Å². The fourth-order valence-corrected chi connectivity index (χ4v) is 2.57. The molecule has 7 nitrogen and oxygen atoms in total. The van der Waals surface area contributed by atoms with Crippen molar-refractivity contribution in [1.29, 1.82) is 0 Å². The highest BCUT2D eigenvalue weighted by atomic mass is 16.6. The molecule has 0 spiro atoms. The van der Waals surface area contributed by atoms with Crippen LogP contribution in [-0.4, -0.2) is 54.0 Å². The number of ether oxygens (including phenoxy) is 1. The molecule has 1 heterocycles. The van der Waals surface area contributed by atoms with Crippen LogP contribution >= 0.6 is 0 Å². The summed E-state index contributed by atoms with van der Waals surface area (Å²) in [6, 6.07) is 7.02. The molecule has 2 N–H and O–H groups in total. The van der Waals surface area contributed by atoms with E-state index in [2.05, 4.69) is 22.1 Å². The molecule has 1 aliphatic heterocycles. The van der Waals surface area contributed by atoms with Crippen LogP contribution in [0.2, 0.25) is 0 Å². The third-order valence-corrected chi connectivity index (χ3v) is 3.99. The first-order chi connectivity index (χ1) is 12.2. The maximum atomic E-state index is 12.2. The van der Waals surface area contributed by atoms with Crippen molar-refractivity contribution in [3.8, 4) is 0 Å². The Kier molecular flexibility index (Phi) is 7.03. The molecule has 0 radical (unpaired) electrons. The molecular weight excluding hydrogens is 320 g/mol. The van der Waals surface area contributed by atoms with Crippen molar-refractivity contribution in [3.05, 3.63) is 53.9 Å². The van der Waals surface area contributed by atoms with Gasteiger partial charge < -0.3 is 14.5 Å². The summed E-state index contributed by atoms with van der Waals surface area (Å²) in [7, 11) is 0. The van der Waals surface area contributed by atoms with Crippen LogP contribution in [0.3, 0.4) is 0 Å². The van der Waals surface area contributed by atoms with E-state index in [0.29, 0.717) is 18.8 Å². The van der Waals surface area contributed by atoms with Gasteiger partial charge in [-0.15, -0.1) is 0 Å². The minimum Gasteiger partial charge on any atom is -0.445 e. The number of rotatable bonds is 6. The van der Waals surface area contributed by atoms with E-state index in [-0.39, 0.29) is 12.7 Å². The highest BCUT2D eigenvalue weighted by molar-refractivity contribution is 5.67. The molecule has 7 heteroatoms. The normalized spacial score (nSPS) is 15.4. The molecule has 0 aromatic heterocycles. The molecular formula is C18H24N4O3. The van der Waals surface area contributed by atoms with Gasteiger partial charge in [0.25, 0.3) is 0 Å². The molecule has 134 valence electrons. The van der Waals surface area contributed by atoms with Crippen molar-refractivity contribution in [2.45, 2.75) is 13.5 Å². The number of amides is 1. The van der Waals surface area contributed by atoms with Gasteiger partial charge in [0.15, 0.2) is 0 Å². The molecule has 1 amide bonds. The smallest absolute Gasteiger partial charge is 0.410 e. The van der Waals surface area contributed by atoms with E-state index in [4.69, 9.17) is 9.94 Å². The molecule has 1 fully saturated rings. The zero-order chi connectivity index (χ0) is 18.1. The third kappa shape index (κ3) is 5.36. The summed E-state index contributed by atoms with van der Waals surface area (Å²) >= 11 is 0. The molecule has 2 rings (SSSR count). The Morgan fingerprint density at radius 1 is 1.28 bits per heavy atom. The minimum atomic E-state index is -0.311. The Morgan fingerprint density at radius 2 is 1.92 bits per heavy atom. The topological polar surface area (TPSA) is 77.4 Å². The molecule has 0 unspecified atom stereocenters. The van der Waals surface area contributed by atoms with E-state index in [1.807, 2.05) is 19.1 Å². The lowest BCUT2D eigenvalue weighted by molar-refractivity contribution is 0.0786. The Morgan fingerprint density at radius 3 is 2.48 bits per heavy atom. The molecule has 0 aliphatic carbocycles. The zero-order valence-electron chi connectivity index (χ0n) is 14.4. The quantitative estimate of drug-likeness (QED) is 0.471. The van der Waals surface area contributed by atoms with Crippen molar-refractivity contribution < 1.29 is 14.7 Å². The standard InChI is InChI=1S/C18H24N4O3/c1-3-17(8-9-19-2)21-10-12-22(13-11-21)18(23)25-14-15-4-6-16(20-24)7-5-15/h3-9,20,24H,2,10-14H2,1H3/b9-8-,17-3+. The van der Waals surface area contributed by atoms with Crippen molar-refractivity contribution in [1.82, 2.24) is 9.80 Å². The number of nitrogens with zero attached hydrogens (tertiary/aromatic N) is 3. The summed E-state index contributed by atoms with van der Waals surface area (Å²) in [5.41, 5.74) is 4.58. The van der Waals surface area contributed by atoms with Crippen LogP contribution in [0.4, 0.5) is 10.5 Å². The Labute approximate surface area is 147 Å². The number of piperazine rings is 1. The molecule has 1 aromatic carbocycles. The first-order valence-corrected chi connectivity index (χ1v) is 8.12. The molecule has 0 atom stereocenters. The van der Waals surface area contributed by atoms with E-state index in [9.17, 15) is 4.79 Å². The fraction of sp³-hybridized carbons (Fsp3) is 0.333. The minimum absolute atomic E-state index is 0.207. The summed E-state index contributed by atoms with van der Waals surface area (Å²) in [5.74, 6) is 0. The van der Waals surface area contributed by atoms with Gasteiger partial charge in [-0.2, -0.15) is 0 Å². The Hall–Kier alpha value is -2.80. The van der Waals surface area contributed by atoms with Gasteiger partial charge in [-0.1, -0.05) is 18.2 Å². The summed E-state index contributed by atoms with van der Waals surface area (Å²) < 4.78 is 5.36. The second kappa shape index (κ2) is 9.48. The van der Waals surface area contributed by atoms with E-state index >= 15 is 0 Å². The molecule has 1 aliphatic rings. The summed E-state index contributed by atoms with van der Waals surface area (Å²) in [4.78, 5) is 19.8. The number of aliphatic imine (C=N–C) groups is 1. The summed E-state index contributed by atoms with van der Waals surface area (Å²) in [5, 5.41) is 8.78. The lowest BCUT2D eigenvalue weighted by Gasteiger charge is -2.36. The lowest BCUT2D eigenvalue weighted by Crippen LogP contribution is -2.48. The highest BCUT2D eigenvalue weighted by Gasteiger charge is 2.22. The maximum Gasteiger partial charge on any atom is 0.410 e. The number of carbonyl (C=O) groups is 1. The van der Waals surface area contributed by atoms with Crippen LogP contribution in [0, 0.1) is 0 Å². The van der Waals surface area contributed by atoms with Gasteiger partial charge in [0.05, 0.1) is 5.69 Å². The highest BCUT2D eigenvalue weighted by Crippen LogP contribution is 2.13. The van der Waals surface area contributed by atoms with Crippen molar-refractivity contribution in [2.75, 3.05) is 31.7 Å². The van der Waals surface area contributed by atoms with Gasteiger partial charge in [0.2, 0.25) is 0 Å². The zero-order valence-corrected chi connectivity index (χ0v) is 14.4. The second-order valence-corrected chi connectivity index (χ2v) is 5.55. The molecule has 0 saturated carbocycles. The van der Waals surface area contributed by atoms with Gasteiger partial charge in [0, 0.05) is 38.1 Å². The van der Waals surface area contributed by atoms with Crippen molar-refractivity contribution in [3.63, 3.8) is 0 Å². The average Bonchev–Trinajstić information content (AvgIpc) is 2.67. The summed E-state index contributed by atoms with van der Waals surface area (Å²) in [6.45, 7) is 8.32. The van der Waals surface area contributed by atoms with E-state index in [0.717, 1.165) is 24.4 Å². The van der Waals surface area contributed by atoms with Crippen LogP contribution in [0.1, 0.15) is 12.5 Å².